The Morgan fingerprint density at radius 2 is 1.97 bits per heavy atom. The Bertz CT molecular complexity index is 1110. The van der Waals surface area contributed by atoms with Crippen molar-refractivity contribution in [2.45, 2.75) is 64.8 Å². The molecule has 0 bridgehead atoms. The predicted octanol–water partition coefficient (Wildman–Crippen LogP) is 4.89. The minimum absolute atomic E-state index is 0.00269. The Morgan fingerprint density at radius 1 is 1.09 bits per heavy atom. The largest absolute Gasteiger partial charge is 0.349 e. The van der Waals surface area contributed by atoms with Gasteiger partial charge in [0.2, 0.25) is 0 Å². The average Bonchev–Trinajstić information content (AvgIpc) is 3.47. The first-order chi connectivity index (χ1) is 16.0. The lowest BCUT2D eigenvalue weighted by molar-refractivity contribution is -0.0140. The fourth-order valence-corrected chi connectivity index (χ4v) is 7.79. The Labute approximate surface area is 195 Å². The monoisotopic (exact) mass is 443 g/mol. The zero-order valence-electron chi connectivity index (χ0n) is 19.6. The second-order valence-electron chi connectivity index (χ2n) is 11.0. The number of nitrogens with one attached hydrogen (secondary N) is 1. The molecule has 0 unspecified atom stereocenters. The van der Waals surface area contributed by atoms with Gasteiger partial charge in [0.05, 0.1) is 18.0 Å². The van der Waals surface area contributed by atoms with Gasteiger partial charge in [-0.1, -0.05) is 36.8 Å². The van der Waals surface area contributed by atoms with Gasteiger partial charge in [0.15, 0.2) is 0 Å². The van der Waals surface area contributed by atoms with Crippen molar-refractivity contribution in [1.29, 1.82) is 0 Å². The van der Waals surface area contributed by atoms with Crippen LogP contribution in [0.1, 0.15) is 69.2 Å². The summed E-state index contributed by atoms with van der Waals surface area (Å²) in [5.74, 6) is 2.12. The van der Waals surface area contributed by atoms with Crippen LogP contribution in [0.25, 0.3) is 5.70 Å². The maximum absolute atomic E-state index is 12.7. The van der Waals surface area contributed by atoms with Gasteiger partial charge in [0.25, 0.3) is 5.91 Å². The molecule has 0 spiro atoms. The number of hydrogen-bond donors (Lipinski definition) is 1. The molecule has 33 heavy (non-hydrogen) atoms. The highest BCUT2D eigenvalue weighted by Crippen LogP contribution is 2.65. The van der Waals surface area contributed by atoms with Crippen molar-refractivity contribution in [2.24, 2.45) is 28.6 Å². The van der Waals surface area contributed by atoms with Crippen molar-refractivity contribution in [3.8, 4) is 0 Å². The van der Waals surface area contributed by atoms with Crippen LogP contribution in [0.5, 0.6) is 0 Å². The highest BCUT2D eigenvalue weighted by molar-refractivity contribution is 5.94. The van der Waals surface area contributed by atoms with E-state index in [2.05, 4.69) is 46.6 Å². The van der Waals surface area contributed by atoms with E-state index in [1.165, 1.54) is 18.5 Å². The van der Waals surface area contributed by atoms with Gasteiger partial charge in [0, 0.05) is 29.5 Å². The van der Waals surface area contributed by atoms with Crippen molar-refractivity contribution in [3.63, 3.8) is 0 Å². The third-order valence-corrected chi connectivity index (χ3v) is 9.57. The van der Waals surface area contributed by atoms with Crippen LogP contribution in [0.4, 0.5) is 0 Å². The van der Waals surface area contributed by atoms with Gasteiger partial charge in [0.1, 0.15) is 0 Å². The first-order valence-electron chi connectivity index (χ1n) is 12.5. The molecule has 2 aromatic rings. The van der Waals surface area contributed by atoms with Crippen LogP contribution < -0.4 is 5.32 Å². The van der Waals surface area contributed by atoms with Crippen LogP contribution in [-0.2, 0) is 0 Å². The molecule has 6 rings (SSSR count). The normalized spacial score (nSPS) is 37.3. The number of amides is 1. The predicted molar refractivity (Wildman–Crippen MR) is 127 cm³/mol. The summed E-state index contributed by atoms with van der Waals surface area (Å²) in [5.41, 5.74) is 4.02. The molecule has 6 nitrogen and oxygen atoms in total. The quantitative estimate of drug-likeness (QED) is 0.686. The Balaban J connectivity index is 1.20. The molecule has 0 aromatic carbocycles. The van der Waals surface area contributed by atoms with E-state index in [4.69, 9.17) is 0 Å². The molecule has 6 heteroatoms. The summed E-state index contributed by atoms with van der Waals surface area (Å²) in [7, 11) is 0. The molecule has 1 N–H and O–H groups in total. The van der Waals surface area contributed by atoms with Gasteiger partial charge in [-0.05, 0) is 80.2 Å². The number of fused-ring (bicyclic) bond motifs is 5. The molecule has 2 heterocycles. The summed E-state index contributed by atoms with van der Waals surface area (Å²) in [5, 5.41) is 11.7. The van der Waals surface area contributed by atoms with Crippen molar-refractivity contribution in [1.82, 2.24) is 25.3 Å². The fourth-order valence-electron chi connectivity index (χ4n) is 7.79. The van der Waals surface area contributed by atoms with E-state index in [9.17, 15) is 4.79 Å². The second kappa shape index (κ2) is 7.64. The van der Waals surface area contributed by atoms with Crippen molar-refractivity contribution in [3.05, 3.63) is 60.2 Å². The zero-order chi connectivity index (χ0) is 22.6. The molecule has 0 saturated heterocycles. The summed E-state index contributed by atoms with van der Waals surface area (Å²) < 4.78 is 2.00. The number of carbonyl (C=O) groups is 1. The smallest absolute Gasteiger partial charge is 0.253 e. The van der Waals surface area contributed by atoms with Gasteiger partial charge in [-0.15, -0.1) is 5.10 Å². The molecule has 4 aliphatic rings. The van der Waals surface area contributed by atoms with Crippen LogP contribution in [-0.4, -0.2) is 31.9 Å². The first kappa shape index (κ1) is 20.8. The number of rotatable bonds is 3. The number of hydrogen-bond acceptors (Lipinski definition) is 4. The van der Waals surface area contributed by atoms with E-state index in [0.29, 0.717) is 11.5 Å². The van der Waals surface area contributed by atoms with Gasteiger partial charge in [-0.25, -0.2) is 4.68 Å². The van der Waals surface area contributed by atoms with Crippen LogP contribution in [0.3, 0.4) is 0 Å². The van der Waals surface area contributed by atoms with Crippen molar-refractivity contribution in [2.75, 3.05) is 0 Å². The summed E-state index contributed by atoms with van der Waals surface area (Å²) >= 11 is 0. The number of carbonyl (C=O) groups excluding carboxylic acids is 1. The van der Waals surface area contributed by atoms with E-state index >= 15 is 0 Å². The summed E-state index contributed by atoms with van der Waals surface area (Å²) in [6.45, 7) is 4.97. The Hall–Kier alpha value is -2.76. The lowest BCUT2D eigenvalue weighted by Crippen LogP contribution is -2.51. The lowest BCUT2D eigenvalue weighted by Gasteiger charge is -2.57. The zero-order valence-corrected chi connectivity index (χ0v) is 19.6. The van der Waals surface area contributed by atoms with Gasteiger partial charge >= 0.3 is 0 Å². The number of aromatic nitrogens is 4. The highest BCUT2D eigenvalue weighted by atomic mass is 16.1. The molecular weight excluding hydrogens is 410 g/mol. The SMILES string of the molecule is C[C@]12CC[C@H](NC(=O)c3cccnc3)CC1=CC[C@@H]1[C@@H]2CC[C@]2(C)C(n3ccnn3)=CC[C@@H]12. The van der Waals surface area contributed by atoms with Gasteiger partial charge in [-0.2, -0.15) is 0 Å². The maximum Gasteiger partial charge on any atom is 0.253 e. The maximum atomic E-state index is 12.7. The number of pyridine rings is 1. The number of allylic oxidation sites excluding steroid dienone is 3. The topological polar surface area (TPSA) is 72.7 Å². The minimum atomic E-state index is -0.00269. The Morgan fingerprint density at radius 3 is 2.76 bits per heavy atom. The third-order valence-electron chi connectivity index (χ3n) is 9.57. The van der Waals surface area contributed by atoms with E-state index in [1.807, 2.05) is 23.0 Å². The molecule has 1 amide bonds. The molecule has 2 saturated carbocycles. The summed E-state index contributed by atoms with van der Waals surface area (Å²) in [4.78, 5) is 16.8. The molecule has 172 valence electrons. The standard InChI is InChI=1S/C27H33N5O/c1-26-11-9-20(30-25(33)18-4-3-13-28-17-18)16-19(26)5-6-21-22-7-8-24(32-15-14-29-31-32)27(22,2)12-10-23(21)26/h3-5,8,13-15,17,20-23H,6-7,9-12,16H2,1-2H3,(H,30,33)/t20-,21-,22-,23-,26-,27-/m0/s1. The van der Waals surface area contributed by atoms with Crippen LogP contribution in [0.15, 0.2) is 54.6 Å². The number of nitrogens with zero attached hydrogens (tertiary/aromatic N) is 4. The molecule has 2 aromatic heterocycles. The molecule has 0 aliphatic heterocycles. The second-order valence-corrected chi connectivity index (χ2v) is 11.0. The minimum Gasteiger partial charge on any atom is -0.349 e. The van der Waals surface area contributed by atoms with Crippen molar-refractivity contribution < 1.29 is 4.79 Å². The van der Waals surface area contributed by atoms with Crippen LogP contribution >= 0.6 is 0 Å². The highest BCUT2D eigenvalue weighted by Gasteiger charge is 2.57. The van der Waals surface area contributed by atoms with Crippen molar-refractivity contribution >= 4 is 11.6 Å². The van der Waals surface area contributed by atoms with E-state index in [1.54, 1.807) is 24.2 Å². The van der Waals surface area contributed by atoms with E-state index in [0.717, 1.165) is 43.9 Å². The third kappa shape index (κ3) is 3.21. The average molecular weight is 444 g/mol. The molecule has 0 radical (unpaired) electrons. The van der Waals surface area contributed by atoms with Crippen LogP contribution in [0, 0.1) is 28.6 Å². The van der Waals surface area contributed by atoms with Crippen LogP contribution in [0.2, 0.25) is 0 Å². The molecule has 6 atom stereocenters. The lowest BCUT2D eigenvalue weighted by atomic mass is 9.47. The molecule has 4 aliphatic carbocycles. The summed E-state index contributed by atoms with van der Waals surface area (Å²) in [6, 6.07) is 3.87. The van der Waals surface area contributed by atoms with E-state index in [-0.39, 0.29) is 22.8 Å². The van der Waals surface area contributed by atoms with Gasteiger partial charge in [-0.3, -0.25) is 9.78 Å². The van der Waals surface area contributed by atoms with E-state index < -0.39 is 0 Å². The molecular formula is C27H33N5O. The van der Waals surface area contributed by atoms with Gasteiger partial charge < -0.3 is 5.32 Å². The first-order valence-corrected chi connectivity index (χ1v) is 12.5. The fraction of sp³-hybridized carbons (Fsp3) is 0.556. The Kier molecular flexibility index (Phi) is 4.82. The molecule has 2 fully saturated rings. The summed E-state index contributed by atoms with van der Waals surface area (Å²) in [6.07, 6.45) is 20.1.